The van der Waals surface area contributed by atoms with Crippen molar-refractivity contribution in [1.29, 1.82) is 0 Å². The summed E-state index contributed by atoms with van der Waals surface area (Å²) in [5, 5.41) is 2.92. The van der Waals surface area contributed by atoms with Crippen LogP contribution in [0.3, 0.4) is 0 Å². The predicted octanol–water partition coefficient (Wildman–Crippen LogP) is 2.76. The molecule has 1 aliphatic heterocycles. The highest BCUT2D eigenvalue weighted by atomic mass is 35.5. The number of ether oxygens (including phenoxy) is 1. The Labute approximate surface area is 163 Å². The summed E-state index contributed by atoms with van der Waals surface area (Å²) in [7, 11) is 1.56. The van der Waals surface area contributed by atoms with Crippen LogP contribution < -0.4 is 5.32 Å². The smallest absolute Gasteiger partial charge is 0.410 e. The van der Waals surface area contributed by atoms with Crippen molar-refractivity contribution in [3.05, 3.63) is 48.7 Å². The van der Waals surface area contributed by atoms with Crippen LogP contribution in [0.4, 0.5) is 4.79 Å². The maximum Gasteiger partial charge on any atom is 0.410 e. The van der Waals surface area contributed by atoms with Gasteiger partial charge in [0.15, 0.2) is 5.17 Å². The lowest BCUT2D eigenvalue weighted by Gasteiger charge is -2.23. The molecule has 1 N–H and O–H groups in total. The van der Waals surface area contributed by atoms with Crippen LogP contribution in [0.15, 0.2) is 53.1 Å². The molecule has 0 unspecified atom stereocenters. The maximum absolute atomic E-state index is 12.5. The normalized spacial score (nSPS) is 17.6. The average Bonchev–Trinajstić information content (AvgIpc) is 3.17. The van der Waals surface area contributed by atoms with Gasteiger partial charge in [-0.05, 0) is 18.4 Å². The first-order chi connectivity index (χ1) is 13.1. The highest BCUT2D eigenvalue weighted by molar-refractivity contribution is 6.84. The summed E-state index contributed by atoms with van der Waals surface area (Å²) in [4.78, 5) is 34.2. The minimum absolute atomic E-state index is 0.120. The molecular formula is C19H23ClN4O3. The van der Waals surface area contributed by atoms with Gasteiger partial charge in [0.05, 0.1) is 12.3 Å². The van der Waals surface area contributed by atoms with Gasteiger partial charge in [0.2, 0.25) is 5.91 Å². The van der Waals surface area contributed by atoms with Gasteiger partial charge >= 0.3 is 6.09 Å². The monoisotopic (exact) mass is 390 g/mol. The molecule has 8 heteroatoms. The molecule has 2 rings (SSSR count). The quantitative estimate of drug-likeness (QED) is 0.726. The summed E-state index contributed by atoms with van der Waals surface area (Å²) >= 11 is 5.98. The lowest BCUT2D eigenvalue weighted by Crippen LogP contribution is -2.47. The number of rotatable bonds is 7. The summed E-state index contributed by atoms with van der Waals surface area (Å²) in [5.74, 6) is -0.270. The molecule has 1 saturated heterocycles. The summed E-state index contributed by atoms with van der Waals surface area (Å²) in [6.45, 7) is 4.25. The lowest BCUT2D eigenvalue weighted by molar-refractivity contribution is -0.124. The average molecular weight is 391 g/mol. The molecule has 0 bridgehead atoms. The highest BCUT2D eigenvalue weighted by Crippen LogP contribution is 2.19. The topological polar surface area (TPSA) is 83.4 Å². The molecule has 144 valence electrons. The van der Waals surface area contributed by atoms with E-state index in [1.807, 2.05) is 30.3 Å². The zero-order valence-electron chi connectivity index (χ0n) is 15.2. The number of nitrogens with zero attached hydrogens (tertiary/aromatic N) is 3. The first-order valence-corrected chi connectivity index (χ1v) is 9.00. The highest BCUT2D eigenvalue weighted by Gasteiger charge is 2.35. The standard InChI is InChI=1S/C19H23ClN4O3/c1-3-22-17(20)15(21-2)12-23-18(25)16-10-7-11-24(16)19(26)27-13-14-8-5-4-6-9-14/h3-6,8-9,16H,1,7,10-13H2,2H3,(H,23,25)/b21-15-,22-17+/t16-/m0/s1. The van der Waals surface area contributed by atoms with E-state index in [9.17, 15) is 9.59 Å². The third-order valence-electron chi connectivity index (χ3n) is 4.14. The minimum atomic E-state index is -0.568. The molecule has 1 fully saturated rings. The maximum atomic E-state index is 12.5. The van der Waals surface area contributed by atoms with Gasteiger partial charge in [-0.3, -0.25) is 14.7 Å². The van der Waals surface area contributed by atoms with Gasteiger partial charge in [-0.15, -0.1) is 0 Å². The van der Waals surface area contributed by atoms with Crippen LogP contribution in [0.25, 0.3) is 0 Å². The van der Waals surface area contributed by atoms with E-state index in [-0.39, 0.29) is 24.2 Å². The molecule has 2 amide bonds. The molecule has 7 nitrogen and oxygen atoms in total. The van der Waals surface area contributed by atoms with Crippen LogP contribution in [0, 0.1) is 0 Å². The molecule has 0 aliphatic carbocycles. The Balaban J connectivity index is 1.90. The van der Waals surface area contributed by atoms with Crippen molar-refractivity contribution in [3.63, 3.8) is 0 Å². The largest absolute Gasteiger partial charge is 0.445 e. The molecule has 1 aromatic carbocycles. The van der Waals surface area contributed by atoms with E-state index < -0.39 is 12.1 Å². The lowest BCUT2D eigenvalue weighted by atomic mass is 10.2. The molecule has 1 atom stereocenters. The van der Waals surface area contributed by atoms with Gasteiger partial charge in [0, 0.05) is 19.8 Å². The van der Waals surface area contributed by atoms with E-state index in [0.29, 0.717) is 18.7 Å². The number of nitrogens with one attached hydrogen (secondary N) is 1. The number of carbonyl (C=O) groups is 2. The number of amides is 2. The Morgan fingerprint density at radius 1 is 1.41 bits per heavy atom. The fourth-order valence-electron chi connectivity index (χ4n) is 2.75. The third-order valence-corrected chi connectivity index (χ3v) is 4.45. The Bertz CT molecular complexity index is 734. The van der Waals surface area contributed by atoms with Crippen molar-refractivity contribution in [2.45, 2.75) is 25.5 Å². The van der Waals surface area contributed by atoms with Crippen molar-refractivity contribution in [1.82, 2.24) is 10.2 Å². The molecule has 1 aromatic rings. The molecule has 0 aromatic heterocycles. The fraction of sp³-hybridized carbons (Fsp3) is 0.368. The van der Waals surface area contributed by atoms with Crippen molar-refractivity contribution in [2.24, 2.45) is 9.98 Å². The van der Waals surface area contributed by atoms with Crippen LogP contribution >= 0.6 is 11.6 Å². The molecule has 1 heterocycles. The number of aliphatic imine (C=N–C) groups is 2. The second kappa shape index (κ2) is 10.5. The van der Waals surface area contributed by atoms with Gasteiger partial charge in [-0.25, -0.2) is 9.79 Å². The first-order valence-electron chi connectivity index (χ1n) is 8.62. The third kappa shape index (κ3) is 5.92. The van der Waals surface area contributed by atoms with Gasteiger partial charge < -0.3 is 10.1 Å². The van der Waals surface area contributed by atoms with E-state index in [0.717, 1.165) is 12.0 Å². The fourth-order valence-corrected chi connectivity index (χ4v) is 2.97. The first kappa shape index (κ1) is 20.6. The van der Waals surface area contributed by atoms with Crippen LogP contribution in [0.2, 0.25) is 0 Å². The van der Waals surface area contributed by atoms with Crippen LogP contribution in [-0.2, 0) is 16.1 Å². The molecule has 0 spiro atoms. The summed E-state index contributed by atoms with van der Waals surface area (Å²) in [6, 6.07) is 8.84. The second-order valence-electron chi connectivity index (χ2n) is 5.88. The second-order valence-corrected chi connectivity index (χ2v) is 6.24. The van der Waals surface area contributed by atoms with Crippen LogP contribution in [-0.4, -0.2) is 54.0 Å². The molecular weight excluding hydrogens is 368 g/mol. The van der Waals surface area contributed by atoms with Crippen molar-refractivity contribution in [2.75, 3.05) is 20.1 Å². The van der Waals surface area contributed by atoms with Crippen LogP contribution in [0.1, 0.15) is 18.4 Å². The molecule has 1 aliphatic rings. The van der Waals surface area contributed by atoms with Crippen molar-refractivity contribution < 1.29 is 14.3 Å². The predicted molar refractivity (Wildman–Crippen MR) is 106 cm³/mol. The zero-order chi connectivity index (χ0) is 19.6. The van der Waals surface area contributed by atoms with Gasteiger partial charge in [-0.1, -0.05) is 48.5 Å². The van der Waals surface area contributed by atoms with E-state index in [1.54, 1.807) is 7.05 Å². The van der Waals surface area contributed by atoms with Gasteiger partial charge in [0.1, 0.15) is 12.6 Å². The number of likely N-dealkylation sites (tertiary alicyclic amines) is 1. The Kier molecular flexibility index (Phi) is 8.00. The van der Waals surface area contributed by atoms with E-state index in [2.05, 4.69) is 21.9 Å². The van der Waals surface area contributed by atoms with Gasteiger partial charge in [0.25, 0.3) is 0 Å². The number of hydrogen-bond donors (Lipinski definition) is 1. The molecule has 27 heavy (non-hydrogen) atoms. The summed E-state index contributed by atoms with van der Waals surface area (Å²) < 4.78 is 5.34. The number of hydrogen-bond acceptors (Lipinski definition) is 5. The van der Waals surface area contributed by atoms with Crippen LogP contribution in [0.5, 0.6) is 0 Å². The van der Waals surface area contributed by atoms with Gasteiger partial charge in [-0.2, -0.15) is 0 Å². The summed E-state index contributed by atoms with van der Waals surface area (Å²) in [6.07, 6.45) is 2.13. The molecule has 0 saturated carbocycles. The Morgan fingerprint density at radius 2 is 2.15 bits per heavy atom. The summed E-state index contributed by atoms with van der Waals surface area (Å²) in [5.41, 5.74) is 1.33. The van der Waals surface area contributed by atoms with Crippen molar-refractivity contribution in [3.8, 4) is 0 Å². The minimum Gasteiger partial charge on any atom is -0.445 e. The Hall–Kier alpha value is -2.67. The van der Waals surface area contributed by atoms with Crippen molar-refractivity contribution >= 4 is 34.5 Å². The number of carbonyl (C=O) groups excluding carboxylic acids is 2. The zero-order valence-corrected chi connectivity index (χ0v) is 16.0. The van der Waals surface area contributed by atoms with E-state index in [1.165, 1.54) is 11.1 Å². The molecule has 0 radical (unpaired) electrons. The number of benzene rings is 1. The van der Waals surface area contributed by atoms with E-state index >= 15 is 0 Å². The van der Waals surface area contributed by atoms with E-state index in [4.69, 9.17) is 16.3 Å². The SMILES string of the molecule is C=C/N=C(Cl)\C(CNC(=O)[C@@H]1CCCN1C(=O)OCc1ccccc1)=N/C. The Morgan fingerprint density at radius 3 is 2.81 bits per heavy atom. The number of halogens is 1.